The predicted octanol–water partition coefficient (Wildman–Crippen LogP) is 4.12. The van der Waals surface area contributed by atoms with Crippen LogP contribution in [-0.2, 0) is 11.3 Å². The molecule has 0 bridgehead atoms. The molecule has 0 spiro atoms. The Morgan fingerprint density at radius 2 is 1.90 bits per heavy atom. The van der Waals surface area contributed by atoms with E-state index in [0.717, 1.165) is 24.0 Å². The molecule has 2 fully saturated rings. The van der Waals surface area contributed by atoms with Crippen LogP contribution in [0.3, 0.4) is 0 Å². The molecule has 4 rings (SSSR count). The summed E-state index contributed by atoms with van der Waals surface area (Å²) in [6.45, 7) is 3.86. The van der Waals surface area contributed by atoms with Crippen molar-refractivity contribution in [2.24, 2.45) is 5.92 Å². The summed E-state index contributed by atoms with van der Waals surface area (Å²) in [5.74, 6) is -0.189. The van der Waals surface area contributed by atoms with Crippen LogP contribution in [-0.4, -0.2) is 28.3 Å². The second kappa shape index (κ2) is 7.19. The summed E-state index contributed by atoms with van der Waals surface area (Å²) < 4.78 is 0. The Balaban J connectivity index is 1.42. The van der Waals surface area contributed by atoms with Gasteiger partial charge in [0, 0.05) is 16.3 Å². The van der Waals surface area contributed by atoms with Crippen LogP contribution < -0.4 is 10.6 Å². The Kier molecular flexibility index (Phi) is 4.82. The lowest BCUT2D eigenvalue weighted by Gasteiger charge is -2.21. The van der Waals surface area contributed by atoms with Crippen molar-refractivity contribution in [2.75, 3.05) is 5.32 Å². The molecule has 0 radical (unpaired) electrons. The number of aryl methyl sites for hydroxylation is 1. The highest BCUT2D eigenvalue weighted by atomic mass is 35.5. The normalized spacial score (nSPS) is 21.3. The number of hydrogen-bond acceptors (Lipinski definition) is 3. The van der Waals surface area contributed by atoms with Crippen LogP contribution in [0.2, 0.25) is 5.02 Å². The molecule has 2 N–H and O–H groups in total. The Morgan fingerprint density at radius 3 is 2.52 bits per heavy atom. The van der Waals surface area contributed by atoms with Crippen LogP contribution in [0.25, 0.3) is 0 Å². The number of benzene rings is 2. The van der Waals surface area contributed by atoms with Crippen molar-refractivity contribution in [1.82, 2.24) is 10.2 Å². The Hall–Kier alpha value is -2.86. The number of urea groups is 1. The van der Waals surface area contributed by atoms with Crippen molar-refractivity contribution in [3.8, 4) is 0 Å². The average Bonchev–Trinajstić information content (AvgIpc) is 3.51. The highest BCUT2D eigenvalue weighted by Gasteiger charge is 2.55. The van der Waals surface area contributed by atoms with E-state index in [1.807, 2.05) is 13.0 Å². The van der Waals surface area contributed by atoms with Crippen LogP contribution >= 0.6 is 11.6 Å². The molecule has 150 valence electrons. The van der Waals surface area contributed by atoms with E-state index in [0.29, 0.717) is 16.3 Å². The molecule has 1 saturated heterocycles. The average molecular weight is 412 g/mol. The van der Waals surface area contributed by atoms with Gasteiger partial charge in [0.15, 0.2) is 0 Å². The van der Waals surface area contributed by atoms with E-state index in [-0.39, 0.29) is 30.3 Å². The zero-order chi connectivity index (χ0) is 20.8. The van der Waals surface area contributed by atoms with Gasteiger partial charge in [-0.15, -0.1) is 0 Å². The summed E-state index contributed by atoms with van der Waals surface area (Å²) in [5.41, 5.74) is 2.04. The van der Waals surface area contributed by atoms with Gasteiger partial charge in [-0.1, -0.05) is 23.7 Å². The van der Waals surface area contributed by atoms with Gasteiger partial charge in [-0.25, -0.2) is 4.79 Å². The Bertz CT molecular complexity index is 1000. The number of nitrogens with one attached hydrogen (secondary N) is 2. The summed E-state index contributed by atoms with van der Waals surface area (Å²) in [6, 6.07) is 11.8. The summed E-state index contributed by atoms with van der Waals surface area (Å²) in [4.78, 5) is 38.7. The third-order valence-electron chi connectivity index (χ3n) is 5.67. The summed E-state index contributed by atoms with van der Waals surface area (Å²) >= 11 is 6.01. The second-order valence-corrected chi connectivity index (χ2v) is 8.32. The molecular weight excluding hydrogens is 390 g/mol. The topological polar surface area (TPSA) is 78.5 Å². The molecule has 1 aliphatic carbocycles. The number of imide groups is 1. The quantitative estimate of drug-likeness (QED) is 0.726. The lowest BCUT2D eigenvalue weighted by atomic mass is 9.96. The van der Waals surface area contributed by atoms with E-state index < -0.39 is 5.54 Å². The largest absolute Gasteiger partial charge is 0.325 e. The van der Waals surface area contributed by atoms with E-state index in [1.54, 1.807) is 43.3 Å². The predicted molar refractivity (Wildman–Crippen MR) is 111 cm³/mol. The Labute approximate surface area is 174 Å². The maximum atomic E-state index is 12.7. The second-order valence-electron chi connectivity index (χ2n) is 7.91. The molecule has 1 heterocycles. The first kappa shape index (κ1) is 19.5. The van der Waals surface area contributed by atoms with Gasteiger partial charge in [0.1, 0.15) is 5.54 Å². The highest BCUT2D eigenvalue weighted by molar-refractivity contribution is 6.31. The molecule has 1 aliphatic heterocycles. The lowest BCUT2D eigenvalue weighted by molar-refractivity contribution is -0.131. The van der Waals surface area contributed by atoms with Crippen molar-refractivity contribution >= 4 is 35.1 Å². The molecule has 7 heteroatoms. The first-order chi connectivity index (χ1) is 13.8. The maximum Gasteiger partial charge on any atom is 0.325 e. The van der Waals surface area contributed by atoms with Gasteiger partial charge in [-0.2, -0.15) is 0 Å². The molecule has 1 saturated carbocycles. The van der Waals surface area contributed by atoms with Gasteiger partial charge < -0.3 is 10.6 Å². The fourth-order valence-electron chi connectivity index (χ4n) is 3.67. The zero-order valence-corrected chi connectivity index (χ0v) is 17.0. The molecule has 4 amide bonds. The third-order valence-corrected chi connectivity index (χ3v) is 6.09. The number of carbonyl (C=O) groups is 3. The minimum Gasteiger partial charge on any atom is -0.323 e. The van der Waals surface area contributed by atoms with Crippen molar-refractivity contribution in [2.45, 2.75) is 38.8 Å². The van der Waals surface area contributed by atoms with Crippen molar-refractivity contribution in [3.63, 3.8) is 0 Å². The Morgan fingerprint density at radius 1 is 1.21 bits per heavy atom. The standard InChI is InChI=1S/C22H22ClN3O3/c1-13-11-17(9-10-18(13)23)24-19(27)15-5-3-14(4-6-15)12-26-20(28)22(2,16-7-8-16)25-21(26)29/h3-6,9-11,16H,7-8,12H2,1-2H3,(H,24,27)(H,25,29)/t22-/m1/s1. The minimum absolute atomic E-state index is 0.176. The van der Waals surface area contributed by atoms with Gasteiger partial charge >= 0.3 is 6.03 Å². The molecule has 2 aliphatic rings. The van der Waals surface area contributed by atoms with E-state index >= 15 is 0 Å². The number of nitrogens with zero attached hydrogens (tertiary/aromatic N) is 1. The maximum absolute atomic E-state index is 12.7. The molecule has 2 aromatic carbocycles. The molecule has 1 atom stereocenters. The fraction of sp³-hybridized carbons (Fsp3) is 0.318. The molecule has 2 aromatic rings. The van der Waals surface area contributed by atoms with Crippen LogP contribution in [0.15, 0.2) is 42.5 Å². The van der Waals surface area contributed by atoms with Gasteiger partial charge in [0.05, 0.1) is 6.54 Å². The van der Waals surface area contributed by atoms with Crippen molar-refractivity contribution in [3.05, 3.63) is 64.2 Å². The summed E-state index contributed by atoms with van der Waals surface area (Å²) in [6.07, 6.45) is 1.93. The van der Waals surface area contributed by atoms with E-state index in [4.69, 9.17) is 11.6 Å². The highest BCUT2D eigenvalue weighted by Crippen LogP contribution is 2.42. The molecule has 29 heavy (non-hydrogen) atoms. The van der Waals surface area contributed by atoms with Crippen LogP contribution in [0.4, 0.5) is 10.5 Å². The van der Waals surface area contributed by atoms with Crippen LogP contribution in [0.5, 0.6) is 0 Å². The smallest absolute Gasteiger partial charge is 0.323 e. The third kappa shape index (κ3) is 3.72. The first-order valence-electron chi connectivity index (χ1n) is 9.58. The van der Waals surface area contributed by atoms with E-state index in [1.165, 1.54) is 4.90 Å². The zero-order valence-electron chi connectivity index (χ0n) is 16.3. The monoisotopic (exact) mass is 411 g/mol. The number of anilines is 1. The van der Waals surface area contributed by atoms with Crippen molar-refractivity contribution < 1.29 is 14.4 Å². The molecule has 6 nitrogen and oxygen atoms in total. The van der Waals surface area contributed by atoms with E-state index in [2.05, 4.69) is 10.6 Å². The number of carbonyl (C=O) groups excluding carboxylic acids is 3. The summed E-state index contributed by atoms with van der Waals surface area (Å²) in [7, 11) is 0. The number of amides is 4. The SMILES string of the molecule is Cc1cc(NC(=O)c2ccc(CN3C(=O)N[C@](C)(C4CC4)C3=O)cc2)ccc1Cl. The number of rotatable bonds is 5. The van der Waals surface area contributed by atoms with Gasteiger partial charge in [0.2, 0.25) is 0 Å². The van der Waals surface area contributed by atoms with E-state index in [9.17, 15) is 14.4 Å². The minimum atomic E-state index is -0.784. The van der Waals surface area contributed by atoms with Gasteiger partial charge in [0.25, 0.3) is 11.8 Å². The van der Waals surface area contributed by atoms with Crippen LogP contribution in [0, 0.1) is 12.8 Å². The molecule has 0 aromatic heterocycles. The lowest BCUT2D eigenvalue weighted by Crippen LogP contribution is -2.46. The first-order valence-corrected chi connectivity index (χ1v) is 9.96. The number of hydrogen-bond donors (Lipinski definition) is 2. The van der Waals surface area contributed by atoms with Crippen LogP contribution in [0.1, 0.15) is 41.3 Å². The molecular formula is C22H22ClN3O3. The fourth-order valence-corrected chi connectivity index (χ4v) is 3.78. The summed E-state index contributed by atoms with van der Waals surface area (Å²) in [5, 5.41) is 6.32. The number of halogens is 1. The van der Waals surface area contributed by atoms with Gasteiger partial charge in [-0.3, -0.25) is 14.5 Å². The van der Waals surface area contributed by atoms with Crippen molar-refractivity contribution in [1.29, 1.82) is 0 Å². The molecule has 0 unspecified atom stereocenters. The van der Waals surface area contributed by atoms with Gasteiger partial charge in [-0.05, 0) is 74.1 Å².